The maximum atomic E-state index is 12.7. The van der Waals surface area contributed by atoms with Crippen LogP contribution >= 0.6 is 0 Å². The highest BCUT2D eigenvalue weighted by molar-refractivity contribution is 5.78. The summed E-state index contributed by atoms with van der Waals surface area (Å²) in [5.74, 6) is -0.124. The van der Waals surface area contributed by atoms with Crippen LogP contribution in [0.2, 0.25) is 0 Å². The van der Waals surface area contributed by atoms with Crippen molar-refractivity contribution in [1.82, 2.24) is 10.0 Å². The van der Waals surface area contributed by atoms with Crippen molar-refractivity contribution in [2.75, 3.05) is 20.1 Å². The Hall–Kier alpha value is -1.60. The molecule has 0 saturated carbocycles. The first-order valence-electron chi connectivity index (χ1n) is 6.25. The van der Waals surface area contributed by atoms with E-state index in [1.807, 2.05) is 0 Å². The van der Waals surface area contributed by atoms with E-state index >= 15 is 0 Å². The summed E-state index contributed by atoms with van der Waals surface area (Å²) in [7, 11) is 1.60. The molecular weight excluding hydrogens is 271 g/mol. The SMILES string of the molecule is CN1C(=O)CC(c2cccc(C(F)(F)F)c2)N1CCN. The molecule has 1 heterocycles. The van der Waals surface area contributed by atoms with Crippen LogP contribution in [0.5, 0.6) is 0 Å². The van der Waals surface area contributed by atoms with Gasteiger partial charge in [0.05, 0.1) is 11.6 Å². The Morgan fingerprint density at radius 1 is 1.40 bits per heavy atom. The molecule has 1 atom stereocenters. The molecule has 7 heteroatoms. The van der Waals surface area contributed by atoms with Crippen molar-refractivity contribution < 1.29 is 18.0 Å². The summed E-state index contributed by atoms with van der Waals surface area (Å²) in [6.07, 6.45) is -4.22. The number of carbonyl (C=O) groups is 1. The topological polar surface area (TPSA) is 49.6 Å². The lowest BCUT2D eigenvalue weighted by Gasteiger charge is -2.29. The van der Waals surface area contributed by atoms with Crippen LogP contribution in [0.1, 0.15) is 23.6 Å². The second kappa shape index (κ2) is 5.41. The van der Waals surface area contributed by atoms with Crippen LogP contribution in [0.15, 0.2) is 24.3 Å². The predicted octanol–water partition coefficient (Wildman–Crippen LogP) is 1.78. The number of hydrogen-bond donors (Lipinski definition) is 1. The van der Waals surface area contributed by atoms with Crippen molar-refractivity contribution in [3.63, 3.8) is 0 Å². The lowest BCUT2D eigenvalue weighted by molar-refractivity contribution is -0.138. The third-order valence-electron chi connectivity index (χ3n) is 3.43. The van der Waals surface area contributed by atoms with E-state index in [0.29, 0.717) is 18.7 Å². The third kappa shape index (κ3) is 2.78. The average molecular weight is 287 g/mol. The second-order valence-corrected chi connectivity index (χ2v) is 4.71. The number of alkyl halides is 3. The minimum atomic E-state index is -4.39. The van der Waals surface area contributed by atoms with Crippen molar-refractivity contribution in [1.29, 1.82) is 0 Å². The van der Waals surface area contributed by atoms with Gasteiger partial charge in [0, 0.05) is 26.6 Å². The third-order valence-corrected chi connectivity index (χ3v) is 3.43. The van der Waals surface area contributed by atoms with Crippen molar-refractivity contribution in [3.8, 4) is 0 Å². The Morgan fingerprint density at radius 2 is 2.10 bits per heavy atom. The fraction of sp³-hybridized carbons (Fsp3) is 0.462. The van der Waals surface area contributed by atoms with Crippen LogP contribution in [0.25, 0.3) is 0 Å². The van der Waals surface area contributed by atoms with E-state index in [1.165, 1.54) is 11.1 Å². The van der Waals surface area contributed by atoms with Crippen LogP contribution in [0.3, 0.4) is 0 Å². The minimum Gasteiger partial charge on any atom is -0.329 e. The van der Waals surface area contributed by atoms with E-state index < -0.39 is 17.8 Å². The van der Waals surface area contributed by atoms with E-state index in [2.05, 4.69) is 0 Å². The molecule has 1 aromatic carbocycles. The number of halogens is 3. The fourth-order valence-electron chi connectivity index (χ4n) is 2.41. The maximum Gasteiger partial charge on any atom is 0.416 e. The number of hydrazine groups is 1. The average Bonchev–Trinajstić information content (AvgIpc) is 2.67. The van der Waals surface area contributed by atoms with Gasteiger partial charge < -0.3 is 5.73 Å². The van der Waals surface area contributed by atoms with Gasteiger partial charge in [-0.1, -0.05) is 12.1 Å². The zero-order valence-corrected chi connectivity index (χ0v) is 11.0. The van der Waals surface area contributed by atoms with Gasteiger partial charge in [-0.3, -0.25) is 9.80 Å². The highest BCUT2D eigenvalue weighted by Gasteiger charge is 2.37. The monoisotopic (exact) mass is 287 g/mol. The Bertz CT molecular complexity index is 504. The number of carbonyl (C=O) groups excluding carboxylic acids is 1. The molecule has 20 heavy (non-hydrogen) atoms. The number of amides is 1. The molecule has 110 valence electrons. The molecule has 0 spiro atoms. The smallest absolute Gasteiger partial charge is 0.329 e. The summed E-state index contributed by atoms with van der Waals surface area (Å²) in [5, 5.41) is 3.13. The molecule has 1 aromatic rings. The zero-order valence-electron chi connectivity index (χ0n) is 11.0. The number of nitrogens with two attached hydrogens (primary N) is 1. The molecule has 1 saturated heterocycles. The number of benzene rings is 1. The lowest BCUT2D eigenvalue weighted by Crippen LogP contribution is -2.40. The molecule has 2 rings (SSSR count). The van der Waals surface area contributed by atoms with Gasteiger partial charge in [-0.25, -0.2) is 5.01 Å². The molecule has 0 radical (unpaired) electrons. The molecule has 0 aliphatic carbocycles. The van der Waals surface area contributed by atoms with Gasteiger partial charge in [-0.2, -0.15) is 13.2 Å². The van der Waals surface area contributed by atoms with Crippen LogP contribution in [0, 0.1) is 0 Å². The zero-order chi connectivity index (χ0) is 14.9. The van der Waals surface area contributed by atoms with Gasteiger partial charge >= 0.3 is 6.18 Å². The van der Waals surface area contributed by atoms with Gasteiger partial charge in [0.2, 0.25) is 5.91 Å². The number of rotatable bonds is 3. The van der Waals surface area contributed by atoms with E-state index in [-0.39, 0.29) is 12.3 Å². The highest BCUT2D eigenvalue weighted by atomic mass is 19.4. The van der Waals surface area contributed by atoms with Gasteiger partial charge in [0.15, 0.2) is 0 Å². The molecule has 1 aliphatic rings. The van der Waals surface area contributed by atoms with Crippen molar-refractivity contribution >= 4 is 5.91 Å². The van der Waals surface area contributed by atoms with Gasteiger partial charge in [-0.15, -0.1) is 0 Å². The Morgan fingerprint density at radius 3 is 2.70 bits per heavy atom. The van der Waals surface area contributed by atoms with Gasteiger partial charge in [-0.05, 0) is 17.7 Å². The van der Waals surface area contributed by atoms with Crippen molar-refractivity contribution in [2.45, 2.75) is 18.6 Å². The predicted molar refractivity (Wildman–Crippen MR) is 67.3 cm³/mol. The second-order valence-electron chi connectivity index (χ2n) is 4.71. The van der Waals surface area contributed by atoms with Crippen molar-refractivity contribution in [2.24, 2.45) is 5.73 Å². The summed E-state index contributed by atoms with van der Waals surface area (Å²) in [5.41, 5.74) is 5.27. The summed E-state index contributed by atoms with van der Waals surface area (Å²) >= 11 is 0. The van der Waals surface area contributed by atoms with Gasteiger partial charge in [0.1, 0.15) is 0 Å². The largest absolute Gasteiger partial charge is 0.416 e. The molecule has 1 unspecified atom stereocenters. The van der Waals surface area contributed by atoms with Crippen LogP contribution in [-0.4, -0.2) is 36.1 Å². The normalized spacial score (nSPS) is 20.8. The Labute approximate surface area is 114 Å². The standard InChI is InChI=1S/C13H16F3N3O/c1-18-12(20)8-11(19(18)6-5-17)9-3-2-4-10(7-9)13(14,15)16/h2-4,7,11H,5-6,8,17H2,1H3. The van der Waals surface area contributed by atoms with Crippen LogP contribution < -0.4 is 5.73 Å². The lowest BCUT2D eigenvalue weighted by atomic mass is 10.0. The van der Waals surface area contributed by atoms with E-state index in [4.69, 9.17) is 5.73 Å². The Balaban J connectivity index is 2.33. The first kappa shape index (κ1) is 14.8. The molecular formula is C13H16F3N3O. The molecule has 0 bridgehead atoms. The van der Waals surface area contributed by atoms with E-state index in [9.17, 15) is 18.0 Å². The first-order valence-corrected chi connectivity index (χ1v) is 6.25. The quantitative estimate of drug-likeness (QED) is 0.922. The summed E-state index contributed by atoms with van der Waals surface area (Å²) in [6.45, 7) is 0.746. The van der Waals surface area contributed by atoms with Crippen LogP contribution in [0.4, 0.5) is 13.2 Å². The number of nitrogens with zero attached hydrogens (tertiary/aromatic N) is 2. The molecule has 1 aliphatic heterocycles. The highest BCUT2D eigenvalue weighted by Crippen LogP contribution is 2.35. The molecule has 4 nitrogen and oxygen atoms in total. The Kier molecular flexibility index (Phi) is 4.01. The number of hydrogen-bond acceptors (Lipinski definition) is 3. The van der Waals surface area contributed by atoms with E-state index in [1.54, 1.807) is 18.1 Å². The summed E-state index contributed by atoms with van der Waals surface area (Å²) < 4.78 is 38.2. The molecule has 2 N–H and O–H groups in total. The van der Waals surface area contributed by atoms with Gasteiger partial charge in [0.25, 0.3) is 0 Å². The maximum absolute atomic E-state index is 12.7. The minimum absolute atomic E-state index is 0.124. The first-order chi connectivity index (χ1) is 9.34. The van der Waals surface area contributed by atoms with Crippen molar-refractivity contribution in [3.05, 3.63) is 35.4 Å². The molecule has 1 amide bonds. The van der Waals surface area contributed by atoms with Crippen LogP contribution in [-0.2, 0) is 11.0 Å². The molecule has 0 aromatic heterocycles. The van der Waals surface area contributed by atoms with E-state index in [0.717, 1.165) is 12.1 Å². The summed E-state index contributed by atoms with van der Waals surface area (Å²) in [6, 6.07) is 4.70. The summed E-state index contributed by atoms with van der Waals surface area (Å²) in [4.78, 5) is 11.7. The fourth-order valence-corrected chi connectivity index (χ4v) is 2.41. The molecule has 1 fully saturated rings.